The summed E-state index contributed by atoms with van der Waals surface area (Å²) in [4.78, 5) is 2.46. The lowest BCUT2D eigenvalue weighted by atomic mass is 10.1. The van der Waals surface area contributed by atoms with Gasteiger partial charge in [-0.2, -0.15) is 5.10 Å². The van der Waals surface area contributed by atoms with E-state index in [-0.39, 0.29) is 0 Å². The van der Waals surface area contributed by atoms with E-state index < -0.39 is 0 Å². The van der Waals surface area contributed by atoms with Crippen molar-refractivity contribution in [3.8, 4) is 0 Å². The van der Waals surface area contributed by atoms with Crippen LogP contribution in [0.15, 0.2) is 58.1 Å². The number of hydrogen-bond donors (Lipinski definition) is 0. The third-order valence-electron chi connectivity index (χ3n) is 4.22. The first kappa shape index (κ1) is 17.5. The van der Waals surface area contributed by atoms with Crippen LogP contribution in [0.5, 0.6) is 0 Å². The second-order valence-corrected chi connectivity index (χ2v) is 7.40. The second kappa shape index (κ2) is 8.15. The molecule has 2 aromatic rings. The predicted octanol–water partition coefficient (Wildman–Crippen LogP) is 4.64. The van der Waals surface area contributed by atoms with E-state index in [0.717, 1.165) is 47.9 Å². The van der Waals surface area contributed by atoms with E-state index in [1.807, 2.05) is 12.1 Å². The maximum atomic E-state index is 5.94. The van der Waals surface area contributed by atoms with Gasteiger partial charge in [-0.1, -0.05) is 51.8 Å². The third kappa shape index (κ3) is 4.82. The fourth-order valence-corrected chi connectivity index (χ4v) is 3.19. The molecule has 1 aliphatic heterocycles. The van der Waals surface area contributed by atoms with Gasteiger partial charge in [0.15, 0.2) is 0 Å². The van der Waals surface area contributed by atoms with Crippen LogP contribution < -0.4 is 0 Å². The van der Waals surface area contributed by atoms with E-state index in [1.54, 1.807) is 0 Å². The Labute approximate surface area is 157 Å². The van der Waals surface area contributed by atoms with Crippen molar-refractivity contribution in [1.82, 2.24) is 9.91 Å². The molecular formula is C19H21BrClN3. The Morgan fingerprint density at radius 2 is 1.62 bits per heavy atom. The molecule has 1 fully saturated rings. The lowest BCUT2D eigenvalue weighted by molar-refractivity contribution is 0.130. The molecule has 2 aromatic carbocycles. The average molecular weight is 407 g/mol. The number of piperazine rings is 1. The van der Waals surface area contributed by atoms with Crippen molar-refractivity contribution >= 4 is 33.2 Å². The molecule has 0 atom stereocenters. The van der Waals surface area contributed by atoms with Crippen molar-refractivity contribution in [2.45, 2.75) is 13.5 Å². The van der Waals surface area contributed by atoms with E-state index in [2.05, 4.69) is 69.2 Å². The molecule has 0 aliphatic carbocycles. The highest BCUT2D eigenvalue weighted by Crippen LogP contribution is 2.14. The molecule has 24 heavy (non-hydrogen) atoms. The zero-order valence-corrected chi connectivity index (χ0v) is 16.1. The molecule has 3 rings (SSSR count). The van der Waals surface area contributed by atoms with Gasteiger partial charge in [0.2, 0.25) is 0 Å². The molecule has 1 heterocycles. The maximum Gasteiger partial charge on any atom is 0.0646 e. The minimum absolute atomic E-state index is 0.793. The van der Waals surface area contributed by atoms with Gasteiger partial charge >= 0.3 is 0 Å². The van der Waals surface area contributed by atoms with Crippen molar-refractivity contribution < 1.29 is 0 Å². The molecule has 3 nitrogen and oxygen atoms in total. The molecule has 0 radical (unpaired) electrons. The molecule has 0 unspecified atom stereocenters. The van der Waals surface area contributed by atoms with Gasteiger partial charge < -0.3 is 0 Å². The fraction of sp³-hybridized carbons (Fsp3) is 0.316. The van der Waals surface area contributed by atoms with Gasteiger partial charge in [0, 0.05) is 42.2 Å². The van der Waals surface area contributed by atoms with Crippen molar-refractivity contribution in [3.63, 3.8) is 0 Å². The summed E-state index contributed by atoms with van der Waals surface area (Å²) in [6, 6.07) is 16.4. The number of hydrazone groups is 1. The molecule has 0 spiro atoms. The predicted molar refractivity (Wildman–Crippen MR) is 105 cm³/mol. The summed E-state index contributed by atoms with van der Waals surface area (Å²) in [5.41, 5.74) is 3.54. The van der Waals surface area contributed by atoms with Crippen LogP contribution >= 0.6 is 27.5 Å². The van der Waals surface area contributed by atoms with Crippen LogP contribution in [0.4, 0.5) is 0 Å². The van der Waals surface area contributed by atoms with Gasteiger partial charge in [-0.15, -0.1) is 0 Å². The molecule has 0 N–H and O–H groups in total. The molecule has 5 heteroatoms. The van der Waals surface area contributed by atoms with Gasteiger partial charge in [-0.05, 0) is 42.3 Å². The van der Waals surface area contributed by atoms with Crippen molar-refractivity contribution in [1.29, 1.82) is 0 Å². The number of benzene rings is 2. The molecular weight excluding hydrogens is 386 g/mol. The molecule has 1 saturated heterocycles. The molecule has 0 aromatic heterocycles. The highest BCUT2D eigenvalue weighted by Gasteiger charge is 2.16. The van der Waals surface area contributed by atoms with Crippen LogP contribution in [0.3, 0.4) is 0 Å². The summed E-state index contributed by atoms with van der Waals surface area (Å²) in [5, 5.41) is 7.75. The summed E-state index contributed by atoms with van der Waals surface area (Å²) in [6.07, 6.45) is 0. The molecule has 0 amide bonds. The summed E-state index contributed by atoms with van der Waals surface area (Å²) >= 11 is 9.41. The minimum atomic E-state index is 0.793. The highest BCUT2D eigenvalue weighted by atomic mass is 79.9. The normalized spacial score (nSPS) is 16.5. The number of nitrogens with zero attached hydrogens (tertiary/aromatic N) is 3. The Kier molecular flexibility index (Phi) is 5.93. The number of hydrogen-bond acceptors (Lipinski definition) is 3. The van der Waals surface area contributed by atoms with E-state index in [4.69, 9.17) is 16.7 Å². The van der Waals surface area contributed by atoms with Gasteiger partial charge in [0.1, 0.15) is 0 Å². The Morgan fingerprint density at radius 3 is 2.25 bits per heavy atom. The van der Waals surface area contributed by atoms with Crippen molar-refractivity contribution in [2.24, 2.45) is 5.10 Å². The minimum Gasteiger partial charge on any atom is -0.295 e. The zero-order chi connectivity index (χ0) is 16.9. The summed E-state index contributed by atoms with van der Waals surface area (Å²) in [5.74, 6) is 0. The SMILES string of the molecule is C/C(=N/N1CCN(Cc2ccc(Cl)cc2)CC1)c1ccc(Br)cc1. The monoisotopic (exact) mass is 405 g/mol. The lowest BCUT2D eigenvalue weighted by Gasteiger charge is -2.33. The molecule has 126 valence electrons. The quantitative estimate of drug-likeness (QED) is 0.689. The summed E-state index contributed by atoms with van der Waals surface area (Å²) in [6.45, 7) is 7.02. The molecule has 1 aliphatic rings. The fourth-order valence-electron chi connectivity index (χ4n) is 2.80. The van der Waals surface area contributed by atoms with Gasteiger partial charge in [-0.25, -0.2) is 0 Å². The first-order valence-electron chi connectivity index (χ1n) is 8.13. The standard InChI is InChI=1S/C19H21BrClN3/c1-15(17-4-6-18(20)7-5-17)22-24-12-10-23(11-13-24)14-16-2-8-19(21)9-3-16/h2-9H,10-14H2,1H3/b22-15-. The third-order valence-corrected chi connectivity index (χ3v) is 5.00. The maximum absolute atomic E-state index is 5.94. The topological polar surface area (TPSA) is 18.8 Å². The highest BCUT2D eigenvalue weighted by molar-refractivity contribution is 9.10. The first-order chi connectivity index (χ1) is 11.6. The van der Waals surface area contributed by atoms with Gasteiger partial charge in [-0.3, -0.25) is 9.91 Å². The second-order valence-electron chi connectivity index (χ2n) is 6.05. The van der Waals surface area contributed by atoms with Crippen LogP contribution in [-0.4, -0.2) is 41.8 Å². The first-order valence-corrected chi connectivity index (χ1v) is 9.30. The van der Waals surface area contributed by atoms with E-state index in [1.165, 1.54) is 11.1 Å². The Bertz CT molecular complexity index is 690. The summed E-state index contributed by atoms with van der Waals surface area (Å²) < 4.78 is 1.09. The smallest absolute Gasteiger partial charge is 0.0646 e. The zero-order valence-electron chi connectivity index (χ0n) is 13.8. The van der Waals surface area contributed by atoms with Crippen LogP contribution in [0.25, 0.3) is 0 Å². The van der Waals surface area contributed by atoms with Crippen LogP contribution in [0.2, 0.25) is 5.02 Å². The van der Waals surface area contributed by atoms with Gasteiger partial charge in [0.05, 0.1) is 5.71 Å². The Morgan fingerprint density at radius 1 is 1.00 bits per heavy atom. The van der Waals surface area contributed by atoms with Crippen LogP contribution in [-0.2, 0) is 6.54 Å². The lowest BCUT2D eigenvalue weighted by Crippen LogP contribution is -2.43. The van der Waals surface area contributed by atoms with Crippen LogP contribution in [0.1, 0.15) is 18.1 Å². The Hall–Kier alpha value is -1.36. The van der Waals surface area contributed by atoms with Gasteiger partial charge in [0.25, 0.3) is 0 Å². The van der Waals surface area contributed by atoms with Crippen molar-refractivity contribution in [3.05, 3.63) is 69.2 Å². The van der Waals surface area contributed by atoms with E-state index >= 15 is 0 Å². The number of rotatable bonds is 4. The van der Waals surface area contributed by atoms with Crippen molar-refractivity contribution in [2.75, 3.05) is 26.2 Å². The average Bonchev–Trinajstić information content (AvgIpc) is 2.59. The van der Waals surface area contributed by atoms with Crippen LogP contribution in [0, 0.1) is 0 Å². The molecule has 0 bridgehead atoms. The molecule has 0 saturated carbocycles. The largest absolute Gasteiger partial charge is 0.295 e. The van der Waals surface area contributed by atoms with E-state index in [0.29, 0.717) is 0 Å². The number of halogens is 2. The van der Waals surface area contributed by atoms with E-state index in [9.17, 15) is 0 Å². The Balaban J connectivity index is 1.53. The summed E-state index contributed by atoms with van der Waals surface area (Å²) in [7, 11) is 0.